The molecule has 1 aliphatic heterocycles. The lowest BCUT2D eigenvalue weighted by molar-refractivity contribution is -0.144. The zero-order valence-electron chi connectivity index (χ0n) is 10.8. The summed E-state index contributed by atoms with van der Waals surface area (Å²) in [6.07, 6.45) is 2.07. The van der Waals surface area contributed by atoms with Crippen molar-refractivity contribution in [3.05, 3.63) is 0 Å². The first kappa shape index (κ1) is 13.8. The van der Waals surface area contributed by atoms with Gasteiger partial charge >= 0.3 is 12.0 Å². The van der Waals surface area contributed by atoms with Gasteiger partial charge in [-0.25, -0.2) is 4.79 Å². The van der Waals surface area contributed by atoms with Crippen LogP contribution >= 0.6 is 0 Å². The molecule has 1 saturated heterocycles. The predicted octanol–water partition coefficient (Wildman–Crippen LogP) is 1.49. The number of nitrogens with zero attached hydrogens (tertiary/aromatic N) is 2. The number of carbonyl (C=O) groups is 2. The van der Waals surface area contributed by atoms with Gasteiger partial charge in [-0.15, -0.1) is 0 Å². The van der Waals surface area contributed by atoms with Gasteiger partial charge in [-0.2, -0.15) is 0 Å². The fraction of sp³-hybridized carbons (Fsp3) is 0.833. The highest BCUT2D eigenvalue weighted by atomic mass is 16.4. The van der Waals surface area contributed by atoms with Crippen LogP contribution in [0.4, 0.5) is 4.79 Å². The third kappa shape index (κ3) is 3.35. The topological polar surface area (TPSA) is 60.9 Å². The molecule has 1 fully saturated rings. The minimum absolute atomic E-state index is 0.0206. The number of aliphatic carboxylic acids is 1. The maximum Gasteiger partial charge on any atom is 0.319 e. The summed E-state index contributed by atoms with van der Waals surface area (Å²) in [4.78, 5) is 26.1. The largest absolute Gasteiger partial charge is 0.481 e. The second-order valence-corrected chi connectivity index (χ2v) is 4.85. The Morgan fingerprint density at radius 2 is 2.06 bits per heavy atom. The number of amides is 2. The Hall–Kier alpha value is -1.26. The molecule has 1 N–H and O–H groups in total. The van der Waals surface area contributed by atoms with E-state index in [1.165, 1.54) is 0 Å². The Balaban J connectivity index is 2.32. The number of likely N-dealkylation sites (tertiary alicyclic amines) is 1. The van der Waals surface area contributed by atoms with E-state index in [4.69, 9.17) is 5.11 Å². The van der Waals surface area contributed by atoms with Crippen molar-refractivity contribution in [3.8, 4) is 0 Å². The molecule has 0 aromatic rings. The van der Waals surface area contributed by atoms with E-state index in [2.05, 4.69) is 6.92 Å². The van der Waals surface area contributed by atoms with Gasteiger partial charge in [0.2, 0.25) is 0 Å². The van der Waals surface area contributed by atoms with Crippen molar-refractivity contribution in [1.82, 2.24) is 9.80 Å². The van der Waals surface area contributed by atoms with Gasteiger partial charge < -0.3 is 14.9 Å². The van der Waals surface area contributed by atoms with E-state index in [-0.39, 0.29) is 17.9 Å². The van der Waals surface area contributed by atoms with Gasteiger partial charge in [-0.1, -0.05) is 20.3 Å². The van der Waals surface area contributed by atoms with Crippen LogP contribution in [0.5, 0.6) is 0 Å². The minimum Gasteiger partial charge on any atom is -0.481 e. The Morgan fingerprint density at radius 3 is 2.53 bits per heavy atom. The van der Waals surface area contributed by atoms with E-state index in [1.807, 2.05) is 0 Å². The van der Waals surface area contributed by atoms with Gasteiger partial charge in [0.25, 0.3) is 0 Å². The van der Waals surface area contributed by atoms with Crippen LogP contribution in [0.1, 0.15) is 26.7 Å². The van der Waals surface area contributed by atoms with Gasteiger partial charge in [-0.05, 0) is 6.42 Å². The molecule has 0 saturated carbocycles. The zero-order valence-corrected chi connectivity index (χ0v) is 10.8. The number of hydrogen-bond donors (Lipinski definition) is 1. The van der Waals surface area contributed by atoms with Crippen LogP contribution in [0, 0.1) is 11.8 Å². The predicted molar refractivity (Wildman–Crippen MR) is 64.8 cm³/mol. The molecule has 1 atom stereocenters. The van der Waals surface area contributed by atoms with Crippen molar-refractivity contribution < 1.29 is 14.7 Å². The maximum atomic E-state index is 11.9. The highest BCUT2D eigenvalue weighted by Gasteiger charge is 2.37. The number of carboxylic acids is 1. The summed E-state index contributed by atoms with van der Waals surface area (Å²) in [5.74, 6) is -1.03. The number of rotatable bonds is 5. The maximum absolute atomic E-state index is 11.9. The lowest BCUT2D eigenvalue weighted by Gasteiger charge is -2.42. The van der Waals surface area contributed by atoms with E-state index in [1.54, 1.807) is 23.8 Å². The SMILES string of the molecule is CCCCN(C)C(=O)N1CC(C(C)C(=O)O)C1. The minimum atomic E-state index is -0.776. The molecule has 0 aliphatic carbocycles. The first-order chi connectivity index (χ1) is 7.97. The average molecular weight is 242 g/mol. The van der Waals surface area contributed by atoms with Crippen molar-refractivity contribution in [2.24, 2.45) is 11.8 Å². The Bertz CT molecular complexity index is 287. The van der Waals surface area contributed by atoms with E-state index < -0.39 is 5.97 Å². The Labute approximate surface area is 102 Å². The quantitative estimate of drug-likeness (QED) is 0.794. The van der Waals surface area contributed by atoms with Crippen LogP contribution < -0.4 is 0 Å². The molecule has 0 radical (unpaired) electrons. The first-order valence-electron chi connectivity index (χ1n) is 6.20. The highest BCUT2D eigenvalue weighted by molar-refractivity contribution is 5.76. The Kier molecular flexibility index (Phi) is 4.78. The molecule has 5 nitrogen and oxygen atoms in total. The van der Waals surface area contributed by atoms with Crippen LogP contribution in [0.25, 0.3) is 0 Å². The van der Waals surface area contributed by atoms with E-state index in [0.717, 1.165) is 19.4 Å². The third-order valence-corrected chi connectivity index (χ3v) is 3.45. The Morgan fingerprint density at radius 1 is 1.47 bits per heavy atom. The molecule has 0 bridgehead atoms. The fourth-order valence-corrected chi connectivity index (χ4v) is 1.92. The van der Waals surface area contributed by atoms with E-state index in [0.29, 0.717) is 13.1 Å². The number of urea groups is 1. The third-order valence-electron chi connectivity index (χ3n) is 3.45. The first-order valence-corrected chi connectivity index (χ1v) is 6.20. The molecule has 1 aliphatic rings. The molecule has 0 aromatic carbocycles. The smallest absolute Gasteiger partial charge is 0.319 e. The van der Waals surface area contributed by atoms with Crippen molar-refractivity contribution >= 4 is 12.0 Å². The molecule has 0 spiro atoms. The molecule has 2 amide bonds. The van der Waals surface area contributed by atoms with Gasteiger partial charge in [0.1, 0.15) is 0 Å². The summed E-state index contributed by atoms with van der Waals surface area (Å²) in [5, 5.41) is 8.85. The number of unbranched alkanes of at least 4 members (excludes halogenated alkanes) is 1. The van der Waals surface area contributed by atoms with Gasteiger partial charge in [0.05, 0.1) is 5.92 Å². The molecule has 1 rings (SSSR count). The van der Waals surface area contributed by atoms with Crippen molar-refractivity contribution in [2.45, 2.75) is 26.7 Å². The molecule has 98 valence electrons. The molecular weight excluding hydrogens is 220 g/mol. The average Bonchev–Trinajstić information content (AvgIpc) is 2.23. The molecule has 1 heterocycles. The summed E-state index contributed by atoms with van der Waals surface area (Å²) in [5.41, 5.74) is 0. The lowest BCUT2D eigenvalue weighted by atomic mass is 9.87. The van der Waals surface area contributed by atoms with Crippen molar-refractivity contribution in [1.29, 1.82) is 0 Å². The second kappa shape index (κ2) is 5.89. The summed E-state index contributed by atoms with van der Waals surface area (Å²) in [6, 6.07) is 0.0206. The van der Waals surface area contributed by atoms with Gasteiger partial charge in [0.15, 0.2) is 0 Å². The molecular formula is C12H22N2O3. The normalized spacial score (nSPS) is 17.5. The molecule has 5 heteroatoms. The van der Waals surface area contributed by atoms with Crippen LogP contribution in [0.15, 0.2) is 0 Å². The van der Waals surface area contributed by atoms with Gasteiger partial charge in [0, 0.05) is 32.6 Å². The van der Waals surface area contributed by atoms with E-state index >= 15 is 0 Å². The monoisotopic (exact) mass is 242 g/mol. The molecule has 0 aromatic heterocycles. The molecule has 1 unspecified atom stereocenters. The standard InChI is InChI=1S/C12H22N2O3/c1-4-5-6-13(3)12(17)14-7-10(8-14)9(2)11(15)16/h9-10H,4-8H2,1-3H3,(H,15,16). The van der Waals surface area contributed by atoms with Crippen molar-refractivity contribution in [2.75, 3.05) is 26.7 Å². The number of carbonyl (C=O) groups excluding carboxylic acids is 1. The second-order valence-electron chi connectivity index (χ2n) is 4.85. The lowest BCUT2D eigenvalue weighted by Crippen LogP contribution is -2.56. The zero-order chi connectivity index (χ0) is 13.0. The summed E-state index contributed by atoms with van der Waals surface area (Å²) >= 11 is 0. The summed E-state index contributed by atoms with van der Waals surface area (Å²) in [6.45, 7) is 5.71. The number of carboxylic acid groups (broad SMARTS) is 1. The highest BCUT2D eigenvalue weighted by Crippen LogP contribution is 2.24. The van der Waals surface area contributed by atoms with Crippen LogP contribution in [0.2, 0.25) is 0 Å². The van der Waals surface area contributed by atoms with E-state index in [9.17, 15) is 9.59 Å². The fourth-order valence-electron chi connectivity index (χ4n) is 1.92. The van der Waals surface area contributed by atoms with Gasteiger partial charge in [-0.3, -0.25) is 4.79 Å². The van der Waals surface area contributed by atoms with Crippen LogP contribution in [-0.2, 0) is 4.79 Å². The summed E-state index contributed by atoms with van der Waals surface area (Å²) < 4.78 is 0. The van der Waals surface area contributed by atoms with Crippen LogP contribution in [-0.4, -0.2) is 53.6 Å². The van der Waals surface area contributed by atoms with Crippen molar-refractivity contribution in [3.63, 3.8) is 0 Å². The van der Waals surface area contributed by atoms with Crippen LogP contribution in [0.3, 0.4) is 0 Å². The molecule has 17 heavy (non-hydrogen) atoms. The summed E-state index contributed by atoms with van der Waals surface area (Å²) in [7, 11) is 1.80. The number of hydrogen-bond acceptors (Lipinski definition) is 2.